The van der Waals surface area contributed by atoms with Crippen molar-refractivity contribution in [3.05, 3.63) is 89.3 Å². The quantitative estimate of drug-likeness (QED) is 0.635. The van der Waals surface area contributed by atoms with Gasteiger partial charge in [-0.05, 0) is 54.5 Å². The van der Waals surface area contributed by atoms with Gasteiger partial charge in [-0.2, -0.15) is 4.80 Å². The summed E-state index contributed by atoms with van der Waals surface area (Å²) in [5.74, 6) is -0.196. The molecule has 0 aliphatic heterocycles. The molecule has 0 atom stereocenters. The summed E-state index contributed by atoms with van der Waals surface area (Å²) in [5.41, 5.74) is 3.06. The largest absolute Gasteiger partial charge is 0.207 e. The molecule has 0 saturated carbocycles. The van der Waals surface area contributed by atoms with Crippen molar-refractivity contribution in [2.75, 3.05) is 0 Å². The smallest absolute Gasteiger partial charge is 0.205 e. The van der Waals surface area contributed by atoms with E-state index in [0.29, 0.717) is 12.4 Å². The van der Waals surface area contributed by atoms with Crippen molar-refractivity contribution in [2.45, 2.75) is 20.4 Å². The summed E-state index contributed by atoms with van der Waals surface area (Å²) >= 11 is 0. The summed E-state index contributed by atoms with van der Waals surface area (Å²) in [4.78, 5) is 1.49. The Hall–Kier alpha value is -3.15. The maximum atomic E-state index is 13.4. The van der Waals surface area contributed by atoms with Crippen LogP contribution in [0.25, 0.3) is 11.1 Å². The van der Waals surface area contributed by atoms with E-state index in [4.69, 9.17) is 0 Å². The highest BCUT2D eigenvalue weighted by atomic mass is 19.1. The molecule has 3 rings (SSSR count). The van der Waals surface area contributed by atoms with Crippen LogP contribution in [-0.2, 0) is 6.54 Å². The average molecular weight is 352 g/mol. The van der Waals surface area contributed by atoms with Gasteiger partial charge in [0, 0.05) is 11.1 Å². The first-order valence-corrected chi connectivity index (χ1v) is 8.29. The van der Waals surface area contributed by atoms with Crippen molar-refractivity contribution < 1.29 is 8.78 Å². The van der Waals surface area contributed by atoms with Gasteiger partial charge in [-0.15, -0.1) is 10.2 Å². The summed E-state index contributed by atoms with van der Waals surface area (Å²) in [6.45, 7) is 4.40. The summed E-state index contributed by atoms with van der Waals surface area (Å²) in [6.07, 6.45) is 3.74. The van der Waals surface area contributed by atoms with Crippen LogP contribution in [-0.4, -0.2) is 20.2 Å². The standard InChI is InChI=1S/C20H18F2N4/c1-3-5-18(20-23-25-26(4-2)24-20)19(14-6-10-16(21)11-7-14)15-8-12-17(22)13-9-15/h3,5-13H,4H2,1-2H3. The second-order valence-corrected chi connectivity index (χ2v) is 5.60. The third kappa shape index (κ3) is 3.74. The molecule has 0 saturated heterocycles. The Kier molecular flexibility index (Phi) is 5.31. The fourth-order valence-electron chi connectivity index (χ4n) is 2.63. The van der Waals surface area contributed by atoms with Gasteiger partial charge in [-0.3, -0.25) is 0 Å². The number of hydrogen-bond donors (Lipinski definition) is 0. The maximum Gasteiger partial charge on any atom is 0.205 e. The normalized spacial score (nSPS) is 11.1. The van der Waals surface area contributed by atoms with Gasteiger partial charge < -0.3 is 0 Å². The lowest BCUT2D eigenvalue weighted by Gasteiger charge is -2.12. The third-order valence-corrected chi connectivity index (χ3v) is 3.85. The Morgan fingerprint density at radius 3 is 1.92 bits per heavy atom. The Balaban J connectivity index is 2.28. The average Bonchev–Trinajstić information content (AvgIpc) is 3.13. The molecule has 3 aromatic rings. The molecule has 0 aliphatic rings. The second-order valence-electron chi connectivity index (χ2n) is 5.60. The van der Waals surface area contributed by atoms with Crippen molar-refractivity contribution in [1.82, 2.24) is 20.2 Å². The highest BCUT2D eigenvalue weighted by molar-refractivity contribution is 6.00. The van der Waals surface area contributed by atoms with Gasteiger partial charge in [-0.1, -0.05) is 36.4 Å². The van der Waals surface area contributed by atoms with Gasteiger partial charge in [0.25, 0.3) is 0 Å². The number of nitrogens with zero attached hydrogens (tertiary/aromatic N) is 4. The number of benzene rings is 2. The highest BCUT2D eigenvalue weighted by Gasteiger charge is 2.16. The molecule has 0 bridgehead atoms. The molecule has 0 N–H and O–H groups in total. The van der Waals surface area contributed by atoms with Crippen LogP contribution in [0.5, 0.6) is 0 Å². The molecule has 6 heteroatoms. The number of allylic oxidation sites excluding steroid dienone is 3. The molecule has 26 heavy (non-hydrogen) atoms. The van der Waals surface area contributed by atoms with Crippen molar-refractivity contribution in [3.8, 4) is 0 Å². The Bertz CT molecular complexity index is 891. The number of hydrogen-bond acceptors (Lipinski definition) is 3. The van der Waals surface area contributed by atoms with Crippen LogP contribution in [0.15, 0.2) is 60.7 Å². The van der Waals surface area contributed by atoms with E-state index in [2.05, 4.69) is 15.4 Å². The summed E-state index contributed by atoms with van der Waals surface area (Å²) in [6, 6.07) is 12.3. The Morgan fingerprint density at radius 2 is 1.50 bits per heavy atom. The van der Waals surface area contributed by atoms with E-state index in [-0.39, 0.29) is 11.6 Å². The first-order valence-electron chi connectivity index (χ1n) is 8.29. The van der Waals surface area contributed by atoms with E-state index >= 15 is 0 Å². The van der Waals surface area contributed by atoms with Crippen LogP contribution in [0.4, 0.5) is 8.78 Å². The first-order chi connectivity index (χ1) is 12.6. The van der Waals surface area contributed by atoms with E-state index < -0.39 is 0 Å². The minimum Gasteiger partial charge on any atom is -0.207 e. The van der Waals surface area contributed by atoms with E-state index in [1.165, 1.54) is 29.1 Å². The fraction of sp³-hybridized carbons (Fsp3) is 0.150. The van der Waals surface area contributed by atoms with Crippen molar-refractivity contribution in [3.63, 3.8) is 0 Å². The van der Waals surface area contributed by atoms with Crippen LogP contribution >= 0.6 is 0 Å². The second kappa shape index (κ2) is 7.82. The molecular formula is C20H18F2N4. The zero-order chi connectivity index (χ0) is 18.5. The van der Waals surface area contributed by atoms with Gasteiger partial charge in [0.05, 0.1) is 6.54 Å². The van der Waals surface area contributed by atoms with Crippen LogP contribution < -0.4 is 0 Å². The molecule has 1 aromatic heterocycles. The maximum absolute atomic E-state index is 13.4. The molecule has 0 unspecified atom stereocenters. The lowest BCUT2D eigenvalue weighted by Crippen LogP contribution is -2.00. The predicted molar refractivity (Wildman–Crippen MR) is 97.0 cm³/mol. The number of tetrazole rings is 1. The molecule has 132 valence electrons. The van der Waals surface area contributed by atoms with Crippen LogP contribution in [0, 0.1) is 11.6 Å². The first kappa shape index (κ1) is 17.7. The van der Waals surface area contributed by atoms with Crippen LogP contribution in [0.3, 0.4) is 0 Å². The van der Waals surface area contributed by atoms with E-state index in [0.717, 1.165) is 22.3 Å². The SMILES string of the molecule is CC=CC(=C(c1ccc(F)cc1)c1ccc(F)cc1)c1nnn(CC)n1. The zero-order valence-electron chi connectivity index (χ0n) is 14.5. The molecule has 0 spiro atoms. The monoisotopic (exact) mass is 352 g/mol. The van der Waals surface area contributed by atoms with Gasteiger partial charge in [0.15, 0.2) is 0 Å². The van der Waals surface area contributed by atoms with Crippen LogP contribution in [0.1, 0.15) is 30.8 Å². The van der Waals surface area contributed by atoms with Gasteiger partial charge >= 0.3 is 0 Å². The van der Waals surface area contributed by atoms with Gasteiger partial charge in [0.1, 0.15) is 11.6 Å². The molecule has 2 aromatic carbocycles. The zero-order valence-corrected chi connectivity index (χ0v) is 14.5. The summed E-state index contributed by atoms with van der Waals surface area (Å²) in [5, 5.41) is 12.6. The molecule has 0 aliphatic carbocycles. The van der Waals surface area contributed by atoms with Crippen molar-refractivity contribution in [2.24, 2.45) is 0 Å². The predicted octanol–water partition coefficient (Wildman–Crippen LogP) is 4.51. The Morgan fingerprint density at radius 1 is 0.962 bits per heavy atom. The van der Waals surface area contributed by atoms with E-state index in [9.17, 15) is 8.78 Å². The molecule has 1 heterocycles. The minimum absolute atomic E-state index is 0.324. The number of halogens is 2. The lowest BCUT2D eigenvalue weighted by atomic mass is 9.92. The summed E-state index contributed by atoms with van der Waals surface area (Å²) in [7, 11) is 0. The summed E-state index contributed by atoms with van der Waals surface area (Å²) < 4.78 is 26.8. The highest BCUT2D eigenvalue weighted by Crippen LogP contribution is 2.32. The fourth-order valence-corrected chi connectivity index (χ4v) is 2.63. The van der Waals surface area contributed by atoms with Crippen molar-refractivity contribution >= 4 is 11.1 Å². The third-order valence-electron chi connectivity index (χ3n) is 3.85. The van der Waals surface area contributed by atoms with E-state index in [1.54, 1.807) is 24.3 Å². The van der Waals surface area contributed by atoms with E-state index in [1.807, 2.05) is 26.0 Å². The number of rotatable bonds is 5. The molecule has 0 fully saturated rings. The Labute approximate surface area is 150 Å². The van der Waals surface area contributed by atoms with Gasteiger partial charge in [-0.25, -0.2) is 8.78 Å². The molecule has 0 radical (unpaired) electrons. The lowest BCUT2D eigenvalue weighted by molar-refractivity contribution is 0.552. The minimum atomic E-state index is -0.324. The number of aryl methyl sites for hydroxylation is 1. The molecule has 4 nitrogen and oxygen atoms in total. The van der Waals surface area contributed by atoms with Gasteiger partial charge in [0.2, 0.25) is 5.82 Å². The molecular weight excluding hydrogens is 334 g/mol. The number of aromatic nitrogens is 4. The molecule has 0 amide bonds. The van der Waals surface area contributed by atoms with Crippen molar-refractivity contribution in [1.29, 1.82) is 0 Å². The van der Waals surface area contributed by atoms with Crippen LogP contribution in [0.2, 0.25) is 0 Å². The topological polar surface area (TPSA) is 43.6 Å².